The van der Waals surface area contributed by atoms with Gasteiger partial charge in [0, 0.05) is 6.04 Å². The molecule has 1 aliphatic carbocycles. The normalized spacial score (nSPS) is 17.7. The quantitative estimate of drug-likeness (QED) is 0.753. The van der Waals surface area contributed by atoms with Gasteiger partial charge in [-0.1, -0.05) is 42.4 Å². The van der Waals surface area contributed by atoms with Crippen LogP contribution in [0.15, 0.2) is 4.34 Å². The van der Waals surface area contributed by atoms with Crippen LogP contribution in [-0.2, 0) is 4.79 Å². The average Bonchev–Trinajstić information content (AvgIpc) is 2.92. The van der Waals surface area contributed by atoms with Crippen LogP contribution in [0.3, 0.4) is 0 Å². The van der Waals surface area contributed by atoms with Crippen molar-refractivity contribution in [3.63, 3.8) is 0 Å². The molecule has 1 aliphatic rings. The Bertz CT molecular complexity index is 518. The Labute approximate surface area is 140 Å². The molecule has 1 fully saturated rings. The summed E-state index contributed by atoms with van der Waals surface area (Å²) in [5, 5.41) is 13.3. The third-order valence-corrected chi connectivity index (χ3v) is 5.49. The molecule has 1 amide bonds. The highest BCUT2D eigenvalue weighted by Crippen LogP contribution is 2.30. The van der Waals surface area contributed by atoms with Crippen molar-refractivity contribution in [2.45, 2.75) is 60.8 Å². The monoisotopic (exact) mass is 368 g/mol. The summed E-state index contributed by atoms with van der Waals surface area (Å²) in [5.74, 6) is -0.663. The molecule has 0 aliphatic heterocycles. The zero-order chi connectivity index (χ0) is 16.9. The van der Waals surface area contributed by atoms with Crippen LogP contribution in [0.1, 0.15) is 39.0 Å². The molecule has 1 saturated carbocycles. The maximum absolute atomic E-state index is 12.1. The number of alkyl halides is 3. The Balaban J connectivity index is 1.79. The standard InChI is InChI=1S/C13H19F3N4OS2/c1-8(10(21)17-7-13(14,15)16)22-12-20-19-11(23-12)18-9-5-3-2-4-6-9/h8-9H,2-7H2,1H3,(H,17,21)(H,18,19)/t8-/m0/s1. The molecule has 0 saturated heterocycles. The molecule has 130 valence electrons. The number of carbonyl (C=O) groups is 1. The second kappa shape index (κ2) is 8.18. The highest BCUT2D eigenvalue weighted by atomic mass is 32.2. The van der Waals surface area contributed by atoms with Crippen molar-refractivity contribution in [3.8, 4) is 0 Å². The van der Waals surface area contributed by atoms with Gasteiger partial charge in [0.15, 0.2) is 4.34 Å². The van der Waals surface area contributed by atoms with Gasteiger partial charge in [-0.3, -0.25) is 4.79 Å². The minimum atomic E-state index is -4.40. The number of nitrogens with zero attached hydrogens (tertiary/aromatic N) is 2. The molecule has 5 nitrogen and oxygen atoms in total. The van der Waals surface area contributed by atoms with Crippen molar-refractivity contribution in [2.75, 3.05) is 11.9 Å². The fraction of sp³-hybridized carbons (Fsp3) is 0.769. The van der Waals surface area contributed by atoms with E-state index >= 15 is 0 Å². The van der Waals surface area contributed by atoms with Crippen molar-refractivity contribution in [3.05, 3.63) is 0 Å². The molecule has 10 heteroatoms. The van der Waals surface area contributed by atoms with Crippen LogP contribution in [0.2, 0.25) is 0 Å². The van der Waals surface area contributed by atoms with Gasteiger partial charge in [-0.2, -0.15) is 13.2 Å². The Hall–Kier alpha value is -1.03. The predicted molar refractivity (Wildman–Crippen MR) is 84.8 cm³/mol. The molecule has 0 unspecified atom stereocenters. The van der Waals surface area contributed by atoms with E-state index in [1.54, 1.807) is 6.92 Å². The number of nitrogens with one attached hydrogen (secondary N) is 2. The first-order chi connectivity index (χ1) is 10.8. The summed E-state index contributed by atoms with van der Waals surface area (Å²) in [6.45, 7) is 0.230. The molecule has 0 aromatic carbocycles. The summed E-state index contributed by atoms with van der Waals surface area (Å²) in [6, 6.07) is 0.405. The van der Waals surface area contributed by atoms with E-state index in [4.69, 9.17) is 0 Å². The summed E-state index contributed by atoms with van der Waals surface area (Å²) in [7, 11) is 0. The number of rotatable bonds is 6. The summed E-state index contributed by atoms with van der Waals surface area (Å²) >= 11 is 2.43. The second-order valence-corrected chi connectivity index (χ2v) is 8.01. The van der Waals surface area contributed by atoms with E-state index in [2.05, 4.69) is 15.5 Å². The Kier molecular flexibility index (Phi) is 6.51. The third kappa shape index (κ3) is 6.54. The van der Waals surface area contributed by atoms with E-state index in [-0.39, 0.29) is 0 Å². The minimum Gasteiger partial charge on any atom is -0.357 e. The van der Waals surface area contributed by atoms with Crippen LogP contribution in [-0.4, -0.2) is 40.1 Å². The van der Waals surface area contributed by atoms with E-state index in [0.717, 1.165) is 24.6 Å². The van der Waals surface area contributed by atoms with Crippen LogP contribution in [0, 0.1) is 0 Å². The van der Waals surface area contributed by atoms with Crippen LogP contribution in [0.5, 0.6) is 0 Å². The summed E-state index contributed by atoms with van der Waals surface area (Å²) < 4.78 is 36.8. The lowest BCUT2D eigenvalue weighted by molar-refractivity contribution is -0.137. The van der Waals surface area contributed by atoms with E-state index in [9.17, 15) is 18.0 Å². The second-order valence-electron chi connectivity index (χ2n) is 5.45. The van der Waals surface area contributed by atoms with Gasteiger partial charge in [0.2, 0.25) is 11.0 Å². The number of amides is 1. The zero-order valence-corrected chi connectivity index (χ0v) is 14.3. The van der Waals surface area contributed by atoms with E-state index < -0.39 is 23.9 Å². The summed E-state index contributed by atoms with van der Waals surface area (Å²) in [5.41, 5.74) is 0. The smallest absolute Gasteiger partial charge is 0.357 e. The number of anilines is 1. The fourth-order valence-electron chi connectivity index (χ4n) is 2.27. The first kappa shape index (κ1) is 18.3. The highest BCUT2D eigenvalue weighted by Gasteiger charge is 2.29. The van der Waals surface area contributed by atoms with E-state index in [0.29, 0.717) is 15.5 Å². The van der Waals surface area contributed by atoms with Gasteiger partial charge in [0.05, 0.1) is 5.25 Å². The van der Waals surface area contributed by atoms with E-state index in [1.807, 2.05) is 5.32 Å². The number of halogens is 3. The molecule has 2 N–H and O–H groups in total. The van der Waals surface area contributed by atoms with Crippen molar-refractivity contribution in [1.29, 1.82) is 0 Å². The molecule has 1 aromatic rings. The Morgan fingerprint density at radius 1 is 1.35 bits per heavy atom. The van der Waals surface area contributed by atoms with Crippen molar-refractivity contribution < 1.29 is 18.0 Å². The minimum absolute atomic E-state index is 0.405. The largest absolute Gasteiger partial charge is 0.405 e. The first-order valence-corrected chi connectivity index (χ1v) is 9.14. The third-order valence-electron chi connectivity index (χ3n) is 3.45. The number of carbonyl (C=O) groups excluding carboxylic acids is 1. The van der Waals surface area contributed by atoms with Crippen LogP contribution in [0.4, 0.5) is 18.3 Å². The molecule has 0 radical (unpaired) electrons. The number of hydrogen-bond donors (Lipinski definition) is 2. The zero-order valence-electron chi connectivity index (χ0n) is 12.7. The van der Waals surface area contributed by atoms with Gasteiger partial charge < -0.3 is 10.6 Å². The van der Waals surface area contributed by atoms with Crippen molar-refractivity contribution in [1.82, 2.24) is 15.5 Å². The molecule has 1 heterocycles. The lowest BCUT2D eigenvalue weighted by Gasteiger charge is -2.21. The molecule has 23 heavy (non-hydrogen) atoms. The molecule has 0 spiro atoms. The van der Waals surface area contributed by atoms with E-state index in [1.165, 1.54) is 30.6 Å². The Morgan fingerprint density at radius 3 is 2.70 bits per heavy atom. The molecule has 0 bridgehead atoms. The molecule has 2 rings (SSSR count). The van der Waals surface area contributed by atoms with Crippen LogP contribution >= 0.6 is 23.1 Å². The van der Waals surface area contributed by atoms with Crippen molar-refractivity contribution >= 4 is 34.1 Å². The van der Waals surface area contributed by atoms with Crippen LogP contribution in [0.25, 0.3) is 0 Å². The Morgan fingerprint density at radius 2 is 2.04 bits per heavy atom. The molecular weight excluding hydrogens is 349 g/mol. The van der Waals surface area contributed by atoms with Crippen molar-refractivity contribution in [2.24, 2.45) is 0 Å². The number of thioether (sulfide) groups is 1. The topological polar surface area (TPSA) is 66.9 Å². The van der Waals surface area contributed by atoms with Crippen LogP contribution < -0.4 is 10.6 Å². The lowest BCUT2D eigenvalue weighted by Crippen LogP contribution is -2.37. The maximum Gasteiger partial charge on any atom is 0.405 e. The number of aromatic nitrogens is 2. The van der Waals surface area contributed by atoms with Gasteiger partial charge in [-0.15, -0.1) is 10.2 Å². The molecule has 1 aromatic heterocycles. The summed E-state index contributed by atoms with van der Waals surface area (Å²) in [6.07, 6.45) is 1.49. The van der Waals surface area contributed by atoms with Gasteiger partial charge in [-0.25, -0.2) is 0 Å². The maximum atomic E-state index is 12.1. The SMILES string of the molecule is C[C@H](Sc1nnc(NC2CCCCC2)s1)C(=O)NCC(F)(F)F. The highest BCUT2D eigenvalue weighted by molar-refractivity contribution is 8.02. The summed E-state index contributed by atoms with van der Waals surface area (Å²) in [4.78, 5) is 11.6. The average molecular weight is 368 g/mol. The fourth-order valence-corrected chi connectivity index (χ4v) is 4.27. The molecular formula is C13H19F3N4OS2. The predicted octanol–water partition coefficient (Wildman–Crippen LogP) is 3.44. The molecule has 1 atom stereocenters. The first-order valence-electron chi connectivity index (χ1n) is 7.44. The number of hydrogen-bond acceptors (Lipinski definition) is 6. The van der Waals surface area contributed by atoms with Gasteiger partial charge >= 0.3 is 6.18 Å². The lowest BCUT2D eigenvalue weighted by atomic mass is 9.96. The van der Waals surface area contributed by atoms with Gasteiger partial charge in [0.1, 0.15) is 6.54 Å². The van der Waals surface area contributed by atoms with Gasteiger partial charge in [-0.05, 0) is 19.8 Å². The van der Waals surface area contributed by atoms with Gasteiger partial charge in [0.25, 0.3) is 0 Å².